The van der Waals surface area contributed by atoms with Crippen LogP contribution in [0.3, 0.4) is 0 Å². The second kappa shape index (κ2) is 7.53. The Balaban J connectivity index is 1.52. The van der Waals surface area contributed by atoms with E-state index < -0.39 is 5.60 Å². The van der Waals surface area contributed by atoms with Gasteiger partial charge in [0, 0.05) is 13.1 Å². The van der Waals surface area contributed by atoms with Gasteiger partial charge in [0.2, 0.25) is 0 Å². The molecule has 2 aromatic rings. The third-order valence-corrected chi connectivity index (χ3v) is 4.42. The van der Waals surface area contributed by atoms with Crippen molar-refractivity contribution >= 4 is 17.5 Å². The first-order valence-corrected chi connectivity index (χ1v) is 8.58. The number of benzene rings is 1. The molecule has 3 rings (SSSR count). The first-order valence-electron chi connectivity index (χ1n) is 8.58. The number of carbonyl (C=O) groups is 1. The number of pyridine rings is 1. The van der Waals surface area contributed by atoms with Gasteiger partial charge in [-0.3, -0.25) is 0 Å². The molecule has 0 spiro atoms. The lowest BCUT2D eigenvalue weighted by atomic mass is 9.96. The molecule has 0 radical (unpaired) electrons. The fourth-order valence-corrected chi connectivity index (χ4v) is 2.92. The topological polar surface area (TPSA) is 77.5 Å². The summed E-state index contributed by atoms with van der Waals surface area (Å²) in [6.07, 6.45) is 4.05. The lowest BCUT2D eigenvalue weighted by Crippen LogP contribution is -2.40. The molecule has 2 heterocycles. The van der Waals surface area contributed by atoms with Crippen LogP contribution in [-0.4, -0.2) is 35.8 Å². The van der Waals surface area contributed by atoms with Gasteiger partial charge >= 0.3 is 6.03 Å². The van der Waals surface area contributed by atoms with Gasteiger partial charge in [-0.05, 0) is 37.5 Å². The largest absolute Gasteiger partial charge is 0.384 e. The van der Waals surface area contributed by atoms with Gasteiger partial charge in [0.05, 0.1) is 18.4 Å². The van der Waals surface area contributed by atoms with Crippen LogP contribution < -0.4 is 15.5 Å². The van der Waals surface area contributed by atoms with Crippen LogP contribution in [0, 0.1) is 0 Å². The molecule has 6 nitrogen and oxygen atoms in total. The van der Waals surface area contributed by atoms with Crippen molar-refractivity contribution in [1.82, 2.24) is 10.3 Å². The van der Waals surface area contributed by atoms with E-state index in [1.54, 1.807) is 13.1 Å². The van der Waals surface area contributed by atoms with E-state index in [0.29, 0.717) is 5.69 Å². The molecule has 1 aliphatic rings. The zero-order valence-corrected chi connectivity index (χ0v) is 14.4. The summed E-state index contributed by atoms with van der Waals surface area (Å²) in [4.78, 5) is 18.7. The van der Waals surface area contributed by atoms with Crippen LogP contribution in [0.1, 0.15) is 25.3 Å². The molecule has 6 heteroatoms. The summed E-state index contributed by atoms with van der Waals surface area (Å²) in [6, 6.07) is 12.7. The van der Waals surface area contributed by atoms with Crippen LogP contribution in [0.5, 0.6) is 0 Å². The first kappa shape index (κ1) is 17.2. The van der Waals surface area contributed by atoms with E-state index in [1.807, 2.05) is 42.5 Å². The summed E-state index contributed by atoms with van der Waals surface area (Å²) < 4.78 is 0. The van der Waals surface area contributed by atoms with Crippen LogP contribution in [0.15, 0.2) is 48.7 Å². The molecule has 0 aliphatic carbocycles. The highest BCUT2D eigenvalue weighted by molar-refractivity contribution is 5.89. The number of carbonyl (C=O) groups excluding carboxylic acids is 1. The quantitative estimate of drug-likeness (QED) is 0.782. The van der Waals surface area contributed by atoms with Gasteiger partial charge in [-0.15, -0.1) is 0 Å². The monoisotopic (exact) mass is 340 g/mol. The minimum absolute atomic E-state index is 0.113. The van der Waals surface area contributed by atoms with E-state index in [1.165, 1.54) is 12.8 Å². The van der Waals surface area contributed by atoms with Gasteiger partial charge in [-0.25, -0.2) is 9.78 Å². The van der Waals surface area contributed by atoms with Crippen molar-refractivity contribution in [3.05, 3.63) is 54.2 Å². The first-order chi connectivity index (χ1) is 12.0. The van der Waals surface area contributed by atoms with Crippen molar-refractivity contribution in [3.8, 4) is 0 Å². The van der Waals surface area contributed by atoms with Crippen LogP contribution in [0.25, 0.3) is 0 Å². The maximum absolute atomic E-state index is 12.1. The van der Waals surface area contributed by atoms with E-state index in [4.69, 9.17) is 0 Å². The number of aromatic nitrogens is 1. The number of rotatable bonds is 5. The zero-order chi connectivity index (χ0) is 17.7. The summed E-state index contributed by atoms with van der Waals surface area (Å²) in [6.45, 7) is 3.86. The predicted molar refractivity (Wildman–Crippen MR) is 98.7 cm³/mol. The summed E-state index contributed by atoms with van der Waals surface area (Å²) >= 11 is 0. The molecule has 1 aliphatic heterocycles. The number of hydrogen-bond donors (Lipinski definition) is 3. The maximum atomic E-state index is 12.1. The van der Waals surface area contributed by atoms with Crippen molar-refractivity contribution in [2.24, 2.45) is 0 Å². The third kappa shape index (κ3) is 4.48. The summed E-state index contributed by atoms with van der Waals surface area (Å²) in [5, 5.41) is 15.9. The van der Waals surface area contributed by atoms with Crippen molar-refractivity contribution in [3.63, 3.8) is 0 Å². The lowest BCUT2D eigenvalue weighted by molar-refractivity contribution is 0.0599. The predicted octanol–water partition coefficient (Wildman–Crippen LogP) is 2.71. The highest BCUT2D eigenvalue weighted by atomic mass is 16.3. The van der Waals surface area contributed by atoms with Gasteiger partial charge in [0.1, 0.15) is 11.4 Å². The minimum Gasteiger partial charge on any atom is -0.384 e. The molecule has 3 N–H and O–H groups in total. The lowest BCUT2D eigenvalue weighted by Gasteiger charge is -2.24. The Bertz CT molecular complexity index is 695. The van der Waals surface area contributed by atoms with Gasteiger partial charge in [-0.2, -0.15) is 0 Å². The molecular weight excluding hydrogens is 316 g/mol. The van der Waals surface area contributed by atoms with Crippen molar-refractivity contribution in [2.45, 2.75) is 25.4 Å². The average Bonchev–Trinajstić information content (AvgIpc) is 3.16. The Labute approximate surface area is 147 Å². The Morgan fingerprint density at radius 1 is 1.20 bits per heavy atom. The molecule has 1 saturated heterocycles. The number of nitrogens with one attached hydrogen (secondary N) is 2. The second-order valence-corrected chi connectivity index (χ2v) is 6.55. The normalized spacial score (nSPS) is 16.3. The minimum atomic E-state index is -1.13. The fourth-order valence-electron chi connectivity index (χ4n) is 2.92. The smallest absolute Gasteiger partial charge is 0.319 e. The van der Waals surface area contributed by atoms with E-state index in [0.717, 1.165) is 24.5 Å². The summed E-state index contributed by atoms with van der Waals surface area (Å²) in [5.41, 5.74) is 0.253. The van der Waals surface area contributed by atoms with Crippen molar-refractivity contribution in [1.29, 1.82) is 0 Å². The molecule has 132 valence electrons. The second-order valence-electron chi connectivity index (χ2n) is 6.55. The Kier molecular flexibility index (Phi) is 5.19. The highest BCUT2D eigenvalue weighted by Gasteiger charge is 2.23. The number of aliphatic hydroxyl groups is 1. The number of amides is 2. The highest BCUT2D eigenvalue weighted by Crippen LogP contribution is 2.20. The summed E-state index contributed by atoms with van der Waals surface area (Å²) in [7, 11) is 0. The number of urea groups is 1. The van der Waals surface area contributed by atoms with Gasteiger partial charge in [0.25, 0.3) is 0 Å². The zero-order valence-electron chi connectivity index (χ0n) is 14.4. The van der Waals surface area contributed by atoms with Crippen molar-refractivity contribution in [2.75, 3.05) is 29.9 Å². The number of nitrogens with zero attached hydrogens (tertiary/aromatic N) is 2. The molecular formula is C19H24N4O2. The Morgan fingerprint density at radius 2 is 1.92 bits per heavy atom. The number of anilines is 2. The third-order valence-electron chi connectivity index (χ3n) is 4.42. The van der Waals surface area contributed by atoms with E-state index in [-0.39, 0.29) is 12.6 Å². The van der Waals surface area contributed by atoms with Gasteiger partial charge in [-0.1, -0.05) is 30.3 Å². The molecule has 1 aromatic carbocycles. The van der Waals surface area contributed by atoms with Crippen LogP contribution in [0.4, 0.5) is 16.3 Å². The molecule has 1 unspecified atom stereocenters. The summed E-state index contributed by atoms with van der Waals surface area (Å²) in [5.74, 6) is 0.940. The molecule has 0 saturated carbocycles. The SMILES string of the molecule is CC(O)(CNC(=O)Nc1ccc(N2CCCC2)nc1)c1ccccc1. The van der Waals surface area contributed by atoms with Gasteiger partial charge < -0.3 is 20.6 Å². The molecule has 25 heavy (non-hydrogen) atoms. The molecule has 1 atom stereocenters. The average molecular weight is 340 g/mol. The maximum Gasteiger partial charge on any atom is 0.319 e. The molecule has 1 fully saturated rings. The Hall–Kier alpha value is -2.60. The van der Waals surface area contributed by atoms with Crippen LogP contribution in [0.2, 0.25) is 0 Å². The molecule has 1 aromatic heterocycles. The fraction of sp³-hybridized carbons (Fsp3) is 0.368. The van der Waals surface area contributed by atoms with E-state index in [9.17, 15) is 9.90 Å². The Morgan fingerprint density at radius 3 is 2.56 bits per heavy atom. The van der Waals surface area contributed by atoms with E-state index >= 15 is 0 Å². The molecule has 0 bridgehead atoms. The van der Waals surface area contributed by atoms with Crippen molar-refractivity contribution < 1.29 is 9.90 Å². The number of hydrogen-bond acceptors (Lipinski definition) is 4. The standard InChI is InChI=1S/C19H24N4O2/c1-19(25,15-7-3-2-4-8-15)14-21-18(24)22-16-9-10-17(20-13-16)23-11-5-6-12-23/h2-4,7-10,13,25H,5-6,11-12,14H2,1H3,(H2,21,22,24). The molecule has 2 amide bonds. The van der Waals surface area contributed by atoms with E-state index in [2.05, 4.69) is 20.5 Å². The van der Waals surface area contributed by atoms with Crippen LogP contribution >= 0.6 is 0 Å². The van der Waals surface area contributed by atoms with Gasteiger partial charge in [0.15, 0.2) is 0 Å². The van der Waals surface area contributed by atoms with Crippen LogP contribution in [-0.2, 0) is 5.60 Å².